The number of para-hydroxylation sites is 1. The Hall–Kier alpha value is -2.39. The normalized spacial score (nSPS) is 10.2. The summed E-state index contributed by atoms with van der Waals surface area (Å²) >= 11 is 4.35. The molecule has 0 saturated heterocycles. The summed E-state index contributed by atoms with van der Waals surface area (Å²) in [4.78, 5) is 36.9. The zero-order valence-electron chi connectivity index (χ0n) is 15.1. The van der Waals surface area contributed by atoms with Gasteiger partial charge in [0.25, 0.3) is 11.8 Å². The SMILES string of the molecule is CCOC(=O)c1c(NC(=O)COc2ccccc2Br)sc(C(=O)NC)c1C. The number of hydrogen-bond donors (Lipinski definition) is 2. The largest absolute Gasteiger partial charge is 0.483 e. The second kappa shape index (κ2) is 9.52. The number of carbonyl (C=O) groups excluding carboxylic acids is 3. The Balaban J connectivity index is 2.20. The molecule has 0 saturated carbocycles. The number of thiophene rings is 1. The number of amides is 2. The minimum atomic E-state index is -0.594. The van der Waals surface area contributed by atoms with Crippen LogP contribution < -0.4 is 15.4 Å². The summed E-state index contributed by atoms with van der Waals surface area (Å²) < 4.78 is 11.2. The molecule has 9 heteroatoms. The molecule has 0 atom stereocenters. The lowest BCUT2D eigenvalue weighted by Crippen LogP contribution is -2.21. The molecule has 1 heterocycles. The summed E-state index contributed by atoms with van der Waals surface area (Å²) in [5.74, 6) is -0.871. The monoisotopic (exact) mass is 454 g/mol. The molecule has 2 N–H and O–H groups in total. The van der Waals surface area contributed by atoms with E-state index in [-0.39, 0.29) is 29.7 Å². The lowest BCUT2D eigenvalue weighted by molar-refractivity contribution is -0.118. The summed E-state index contributed by atoms with van der Waals surface area (Å²) in [6.07, 6.45) is 0. The Bertz CT molecular complexity index is 865. The van der Waals surface area contributed by atoms with Crippen LogP contribution in [0.4, 0.5) is 5.00 Å². The smallest absolute Gasteiger partial charge is 0.341 e. The van der Waals surface area contributed by atoms with Crippen molar-refractivity contribution in [1.82, 2.24) is 5.32 Å². The number of halogens is 1. The van der Waals surface area contributed by atoms with E-state index >= 15 is 0 Å². The Kier molecular flexibility index (Phi) is 7.37. The average Bonchev–Trinajstić information content (AvgIpc) is 2.96. The van der Waals surface area contributed by atoms with Crippen LogP contribution in [0, 0.1) is 6.92 Å². The van der Waals surface area contributed by atoms with Crippen molar-refractivity contribution in [3.8, 4) is 5.75 Å². The molecule has 1 aromatic carbocycles. The van der Waals surface area contributed by atoms with Crippen LogP contribution in [-0.4, -0.2) is 38.0 Å². The van der Waals surface area contributed by atoms with E-state index in [0.717, 1.165) is 15.8 Å². The highest BCUT2D eigenvalue weighted by atomic mass is 79.9. The molecule has 0 bridgehead atoms. The Morgan fingerprint density at radius 2 is 1.93 bits per heavy atom. The van der Waals surface area contributed by atoms with E-state index < -0.39 is 11.9 Å². The van der Waals surface area contributed by atoms with Crippen molar-refractivity contribution in [2.75, 3.05) is 25.6 Å². The summed E-state index contributed by atoms with van der Waals surface area (Å²) in [6.45, 7) is 3.25. The summed E-state index contributed by atoms with van der Waals surface area (Å²) in [5.41, 5.74) is 0.634. The second-order valence-corrected chi connectivity index (χ2v) is 7.20. The highest BCUT2D eigenvalue weighted by Gasteiger charge is 2.26. The number of rotatable bonds is 7. The Labute approximate surface area is 169 Å². The van der Waals surface area contributed by atoms with Crippen LogP contribution in [0.3, 0.4) is 0 Å². The number of nitrogens with one attached hydrogen (secondary N) is 2. The minimum Gasteiger partial charge on any atom is -0.483 e. The van der Waals surface area contributed by atoms with E-state index in [4.69, 9.17) is 9.47 Å². The van der Waals surface area contributed by atoms with Crippen molar-refractivity contribution in [3.63, 3.8) is 0 Å². The van der Waals surface area contributed by atoms with Gasteiger partial charge in [-0.05, 0) is 47.5 Å². The number of carbonyl (C=O) groups is 3. The Morgan fingerprint density at radius 1 is 1.22 bits per heavy atom. The van der Waals surface area contributed by atoms with Gasteiger partial charge in [-0.2, -0.15) is 0 Å². The molecular weight excluding hydrogens is 436 g/mol. The zero-order chi connectivity index (χ0) is 20.0. The minimum absolute atomic E-state index is 0.176. The molecular formula is C18H19BrN2O5S. The summed E-state index contributed by atoms with van der Waals surface area (Å²) in [5, 5.41) is 5.41. The number of esters is 1. The van der Waals surface area contributed by atoms with Gasteiger partial charge in [0.2, 0.25) is 0 Å². The first-order chi connectivity index (χ1) is 12.9. The maximum atomic E-state index is 12.3. The molecule has 144 valence electrons. The number of ether oxygens (including phenoxy) is 2. The third kappa shape index (κ3) is 5.08. The van der Waals surface area contributed by atoms with Crippen LogP contribution in [0.15, 0.2) is 28.7 Å². The maximum Gasteiger partial charge on any atom is 0.341 e. The van der Waals surface area contributed by atoms with Gasteiger partial charge >= 0.3 is 5.97 Å². The van der Waals surface area contributed by atoms with E-state index in [2.05, 4.69) is 26.6 Å². The molecule has 2 aromatic rings. The molecule has 0 unspecified atom stereocenters. The topological polar surface area (TPSA) is 93.7 Å². The third-order valence-electron chi connectivity index (χ3n) is 3.51. The van der Waals surface area contributed by atoms with Crippen molar-refractivity contribution < 1.29 is 23.9 Å². The Morgan fingerprint density at radius 3 is 2.56 bits per heavy atom. The van der Waals surface area contributed by atoms with Gasteiger partial charge in [0.1, 0.15) is 10.8 Å². The fourth-order valence-corrected chi connectivity index (χ4v) is 3.81. The highest BCUT2D eigenvalue weighted by Crippen LogP contribution is 2.34. The standard InChI is InChI=1S/C18H19BrN2O5S/c1-4-25-18(24)14-10(2)15(16(23)20-3)27-17(14)21-13(22)9-26-12-8-6-5-7-11(12)19/h5-8H,4,9H2,1-3H3,(H,20,23)(H,21,22). The van der Waals surface area contributed by atoms with Crippen LogP contribution in [-0.2, 0) is 9.53 Å². The fourth-order valence-electron chi connectivity index (χ4n) is 2.25. The molecule has 2 rings (SSSR count). The van der Waals surface area contributed by atoms with E-state index in [0.29, 0.717) is 16.2 Å². The van der Waals surface area contributed by atoms with E-state index in [1.807, 2.05) is 6.07 Å². The van der Waals surface area contributed by atoms with Crippen molar-refractivity contribution >= 4 is 50.1 Å². The van der Waals surface area contributed by atoms with Crippen molar-refractivity contribution in [2.45, 2.75) is 13.8 Å². The quantitative estimate of drug-likeness (QED) is 0.625. The molecule has 7 nitrogen and oxygen atoms in total. The van der Waals surface area contributed by atoms with Gasteiger partial charge in [-0.25, -0.2) is 4.79 Å². The second-order valence-electron chi connectivity index (χ2n) is 5.33. The molecule has 0 spiro atoms. The van der Waals surface area contributed by atoms with Crippen LogP contribution in [0.25, 0.3) is 0 Å². The predicted octanol–water partition coefficient (Wildman–Crippen LogP) is 3.37. The van der Waals surface area contributed by atoms with E-state index in [9.17, 15) is 14.4 Å². The maximum absolute atomic E-state index is 12.3. The van der Waals surface area contributed by atoms with Gasteiger partial charge in [-0.1, -0.05) is 12.1 Å². The van der Waals surface area contributed by atoms with Crippen molar-refractivity contribution in [1.29, 1.82) is 0 Å². The molecule has 1 aromatic heterocycles. The van der Waals surface area contributed by atoms with Gasteiger partial charge in [0.05, 0.1) is 21.5 Å². The first kappa shape index (κ1) is 20.9. The molecule has 0 fully saturated rings. The van der Waals surface area contributed by atoms with Gasteiger partial charge < -0.3 is 20.1 Å². The summed E-state index contributed by atoms with van der Waals surface area (Å²) in [6, 6.07) is 7.14. The van der Waals surface area contributed by atoms with Crippen LogP contribution >= 0.6 is 27.3 Å². The third-order valence-corrected chi connectivity index (χ3v) is 5.37. The fraction of sp³-hybridized carbons (Fsp3) is 0.278. The van der Waals surface area contributed by atoms with Crippen molar-refractivity contribution in [2.24, 2.45) is 0 Å². The molecule has 0 aliphatic rings. The predicted molar refractivity (Wildman–Crippen MR) is 107 cm³/mol. The molecule has 0 radical (unpaired) electrons. The lowest BCUT2D eigenvalue weighted by Gasteiger charge is -2.09. The number of hydrogen-bond acceptors (Lipinski definition) is 6. The van der Waals surface area contributed by atoms with Gasteiger partial charge in [0, 0.05) is 7.05 Å². The van der Waals surface area contributed by atoms with E-state index in [1.54, 1.807) is 32.0 Å². The molecule has 2 amide bonds. The van der Waals surface area contributed by atoms with Crippen LogP contribution in [0.5, 0.6) is 5.75 Å². The number of anilines is 1. The van der Waals surface area contributed by atoms with Gasteiger partial charge in [-0.3, -0.25) is 9.59 Å². The molecule has 0 aliphatic heterocycles. The average molecular weight is 455 g/mol. The highest BCUT2D eigenvalue weighted by molar-refractivity contribution is 9.10. The summed E-state index contributed by atoms with van der Waals surface area (Å²) in [7, 11) is 1.50. The van der Waals surface area contributed by atoms with Crippen LogP contribution in [0.2, 0.25) is 0 Å². The first-order valence-corrected chi connectivity index (χ1v) is 9.69. The van der Waals surface area contributed by atoms with Crippen molar-refractivity contribution in [3.05, 3.63) is 44.7 Å². The first-order valence-electron chi connectivity index (χ1n) is 8.08. The van der Waals surface area contributed by atoms with Gasteiger partial charge in [-0.15, -0.1) is 11.3 Å². The van der Waals surface area contributed by atoms with Crippen LogP contribution in [0.1, 0.15) is 32.5 Å². The lowest BCUT2D eigenvalue weighted by atomic mass is 10.1. The molecule has 27 heavy (non-hydrogen) atoms. The zero-order valence-corrected chi connectivity index (χ0v) is 17.5. The van der Waals surface area contributed by atoms with Gasteiger partial charge in [0.15, 0.2) is 6.61 Å². The molecule has 0 aliphatic carbocycles. The van der Waals surface area contributed by atoms with E-state index in [1.165, 1.54) is 7.05 Å². The number of benzene rings is 1.